The second-order valence-corrected chi connectivity index (χ2v) is 6.92. The minimum absolute atomic E-state index is 0.306. The van der Waals surface area contributed by atoms with E-state index in [4.69, 9.17) is 9.47 Å². The van der Waals surface area contributed by atoms with E-state index in [1.807, 2.05) is 24.3 Å². The first kappa shape index (κ1) is 18.7. The second-order valence-electron chi connectivity index (χ2n) is 6.92. The maximum atomic E-state index is 11.9. The van der Waals surface area contributed by atoms with Gasteiger partial charge in [0.2, 0.25) is 0 Å². The Morgan fingerprint density at radius 1 is 1.00 bits per heavy atom. The molecule has 0 aliphatic rings. The number of pyridine rings is 1. The van der Waals surface area contributed by atoms with Crippen LogP contribution >= 0.6 is 0 Å². The number of esters is 1. The molecule has 0 radical (unpaired) electrons. The summed E-state index contributed by atoms with van der Waals surface area (Å²) < 4.78 is 12.4. The molecule has 2 aromatic carbocycles. The van der Waals surface area contributed by atoms with Gasteiger partial charge in [0.05, 0.1) is 26.5 Å². The zero-order valence-electron chi connectivity index (χ0n) is 16.7. The number of benzene rings is 2. The maximum Gasteiger partial charge on any atom is 0.356 e. The van der Waals surface area contributed by atoms with Gasteiger partial charge in [-0.15, -0.1) is 0 Å². The van der Waals surface area contributed by atoms with Crippen LogP contribution in [0.2, 0.25) is 0 Å². The van der Waals surface area contributed by atoms with Crippen molar-refractivity contribution in [3.8, 4) is 17.0 Å². The van der Waals surface area contributed by atoms with Crippen LogP contribution in [0.1, 0.15) is 21.7 Å². The Balaban J connectivity index is 1.86. The number of aromatic nitrogens is 2. The minimum Gasteiger partial charge on any atom is -0.497 e. The van der Waals surface area contributed by atoms with Crippen molar-refractivity contribution in [1.82, 2.24) is 9.55 Å². The highest BCUT2D eigenvalue weighted by Gasteiger charge is 2.14. The lowest BCUT2D eigenvalue weighted by atomic mass is 10.1. The Morgan fingerprint density at radius 2 is 1.83 bits per heavy atom. The van der Waals surface area contributed by atoms with Crippen molar-refractivity contribution in [1.29, 1.82) is 0 Å². The number of hydrogen-bond acceptors (Lipinski definition) is 4. The SMILES string of the molecule is COC(=O)c1cccc(Cn2c(-c3cccc(C)c3)cc3cc(OC)ccc32)n1. The van der Waals surface area contributed by atoms with E-state index in [1.54, 1.807) is 13.2 Å². The van der Waals surface area contributed by atoms with Crippen molar-refractivity contribution >= 4 is 16.9 Å². The summed E-state index contributed by atoms with van der Waals surface area (Å²) in [6.07, 6.45) is 0. The number of carbonyl (C=O) groups is 1. The van der Waals surface area contributed by atoms with E-state index in [9.17, 15) is 4.79 Å². The van der Waals surface area contributed by atoms with Gasteiger partial charge in [0, 0.05) is 16.6 Å². The Hall–Kier alpha value is -3.60. The molecule has 2 aromatic heterocycles. The van der Waals surface area contributed by atoms with E-state index in [1.165, 1.54) is 12.7 Å². The molecule has 146 valence electrons. The van der Waals surface area contributed by atoms with Crippen LogP contribution in [0, 0.1) is 6.92 Å². The van der Waals surface area contributed by atoms with Crippen LogP contribution in [0.4, 0.5) is 0 Å². The van der Waals surface area contributed by atoms with E-state index in [0.717, 1.165) is 33.6 Å². The van der Waals surface area contributed by atoms with Crippen molar-refractivity contribution in [3.05, 3.63) is 83.7 Å². The average Bonchev–Trinajstić information content (AvgIpc) is 3.10. The van der Waals surface area contributed by atoms with Crippen LogP contribution in [-0.2, 0) is 11.3 Å². The van der Waals surface area contributed by atoms with Crippen LogP contribution in [0.15, 0.2) is 66.7 Å². The van der Waals surface area contributed by atoms with Crippen LogP contribution in [0.3, 0.4) is 0 Å². The van der Waals surface area contributed by atoms with Crippen LogP contribution in [0.25, 0.3) is 22.2 Å². The molecule has 0 saturated carbocycles. The summed E-state index contributed by atoms with van der Waals surface area (Å²) in [6, 6.07) is 22.0. The van der Waals surface area contributed by atoms with Gasteiger partial charge >= 0.3 is 5.97 Å². The Kier molecular flexibility index (Phi) is 5.04. The fourth-order valence-corrected chi connectivity index (χ4v) is 3.54. The lowest BCUT2D eigenvalue weighted by Crippen LogP contribution is -2.09. The molecule has 0 atom stereocenters. The van der Waals surface area contributed by atoms with Crippen LogP contribution in [0.5, 0.6) is 5.75 Å². The largest absolute Gasteiger partial charge is 0.497 e. The molecule has 0 bridgehead atoms. The van der Waals surface area contributed by atoms with Gasteiger partial charge in [-0.25, -0.2) is 9.78 Å². The van der Waals surface area contributed by atoms with Gasteiger partial charge in [-0.05, 0) is 55.0 Å². The third-order valence-electron chi connectivity index (χ3n) is 4.94. The van der Waals surface area contributed by atoms with Crippen molar-refractivity contribution in [2.45, 2.75) is 13.5 Å². The third-order valence-corrected chi connectivity index (χ3v) is 4.94. The zero-order chi connectivity index (χ0) is 20.4. The molecule has 0 amide bonds. The van der Waals surface area contributed by atoms with Gasteiger partial charge in [-0.1, -0.05) is 29.8 Å². The van der Waals surface area contributed by atoms with Gasteiger partial charge in [0.15, 0.2) is 0 Å². The van der Waals surface area contributed by atoms with Crippen molar-refractivity contribution in [2.75, 3.05) is 14.2 Å². The summed E-state index contributed by atoms with van der Waals surface area (Å²) in [5.41, 5.74) is 5.58. The smallest absolute Gasteiger partial charge is 0.356 e. The predicted octanol–water partition coefficient (Wildman–Crippen LogP) is 4.86. The number of carbonyl (C=O) groups excluding carboxylic acids is 1. The van der Waals surface area contributed by atoms with E-state index < -0.39 is 5.97 Å². The average molecular weight is 386 g/mol. The number of ether oxygens (including phenoxy) is 2. The molecule has 5 nitrogen and oxygen atoms in total. The third kappa shape index (κ3) is 3.72. The monoisotopic (exact) mass is 386 g/mol. The van der Waals surface area contributed by atoms with Gasteiger partial charge in [0.1, 0.15) is 11.4 Å². The van der Waals surface area contributed by atoms with Crippen LogP contribution < -0.4 is 4.74 Å². The Morgan fingerprint density at radius 3 is 2.59 bits per heavy atom. The molecule has 0 aliphatic carbocycles. The first-order valence-corrected chi connectivity index (χ1v) is 9.37. The number of rotatable bonds is 5. The van der Waals surface area contributed by atoms with Gasteiger partial charge < -0.3 is 14.0 Å². The highest BCUT2D eigenvalue weighted by atomic mass is 16.5. The maximum absolute atomic E-state index is 11.9. The predicted molar refractivity (Wildman–Crippen MR) is 113 cm³/mol. The van der Waals surface area contributed by atoms with E-state index in [2.05, 4.69) is 52.9 Å². The van der Waals surface area contributed by atoms with E-state index in [-0.39, 0.29) is 0 Å². The molecule has 0 fully saturated rings. The molecule has 0 N–H and O–H groups in total. The quantitative estimate of drug-likeness (QED) is 0.460. The zero-order valence-corrected chi connectivity index (χ0v) is 16.7. The highest BCUT2D eigenvalue weighted by Crippen LogP contribution is 2.31. The Bertz CT molecular complexity index is 1190. The van der Waals surface area contributed by atoms with Gasteiger partial charge in [-0.2, -0.15) is 0 Å². The molecule has 29 heavy (non-hydrogen) atoms. The summed E-state index contributed by atoms with van der Waals surface area (Å²) in [4.78, 5) is 16.4. The molecule has 0 aliphatic heterocycles. The normalized spacial score (nSPS) is 10.9. The number of aryl methyl sites for hydroxylation is 1. The summed E-state index contributed by atoms with van der Waals surface area (Å²) in [7, 11) is 3.03. The minimum atomic E-state index is -0.437. The molecule has 2 heterocycles. The molecule has 0 unspecified atom stereocenters. The lowest BCUT2D eigenvalue weighted by molar-refractivity contribution is 0.0593. The lowest BCUT2D eigenvalue weighted by Gasteiger charge is -2.12. The van der Waals surface area contributed by atoms with E-state index in [0.29, 0.717) is 12.2 Å². The molecule has 5 heteroatoms. The topological polar surface area (TPSA) is 53.4 Å². The first-order valence-electron chi connectivity index (χ1n) is 9.37. The van der Waals surface area contributed by atoms with Gasteiger partial charge in [-0.3, -0.25) is 0 Å². The number of methoxy groups -OCH3 is 2. The molecule has 4 aromatic rings. The molecule has 0 saturated heterocycles. The van der Waals surface area contributed by atoms with E-state index >= 15 is 0 Å². The molecular formula is C24H22N2O3. The number of hydrogen-bond donors (Lipinski definition) is 0. The summed E-state index contributed by atoms with van der Waals surface area (Å²) in [5, 5.41) is 1.09. The molecule has 4 rings (SSSR count). The summed E-state index contributed by atoms with van der Waals surface area (Å²) in [5.74, 6) is 0.379. The standard InChI is InChI=1S/C24H22N2O3/c1-16-6-4-7-17(12-16)23-14-18-13-20(28-2)10-11-22(18)26(23)15-19-8-5-9-21(25-19)24(27)29-3/h4-14H,15H2,1-3H3. The number of nitrogens with zero attached hydrogens (tertiary/aromatic N) is 2. The Labute approximate surface area is 169 Å². The first-order chi connectivity index (χ1) is 14.1. The second kappa shape index (κ2) is 7.80. The molecule has 0 spiro atoms. The van der Waals surface area contributed by atoms with Crippen molar-refractivity contribution in [3.63, 3.8) is 0 Å². The summed E-state index contributed by atoms with van der Waals surface area (Å²) >= 11 is 0. The fourth-order valence-electron chi connectivity index (χ4n) is 3.54. The number of fused-ring (bicyclic) bond motifs is 1. The highest BCUT2D eigenvalue weighted by molar-refractivity contribution is 5.89. The van der Waals surface area contributed by atoms with Crippen molar-refractivity contribution in [2.24, 2.45) is 0 Å². The summed E-state index contributed by atoms with van der Waals surface area (Å²) in [6.45, 7) is 2.62. The fraction of sp³-hybridized carbons (Fsp3) is 0.167. The molecular weight excluding hydrogens is 364 g/mol. The van der Waals surface area contributed by atoms with Crippen molar-refractivity contribution < 1.29 is 14.3 Å². The van der Waals surface area contributed by atoms with Crippen LogP contribution in [-0.4, -0.2) is 29.7 Å². The van der Waals surface area contributed by atoms with Gasteiger partial charge in [0.25, 0.3) is 0 Å².